The van der Waals surface area contributed by atoms with Gasteiger partial charge in [0.25, 0.3) is 5.91 Å². The third kappa shape index (κ3) is 3.74. The SMILES string of the molecule is CCN(CC(C)(C)O)C(=O)c1ccc(N)cc1C. The molecule has 1 rings (SSSR count). The fourth-order valence-electron chi connectivity index (χ4n) is 1.89. The lowest BCUT2D eigenvalue weighted by Crippen LogP contribution is -2.42. The molecule has 3 N–H and O–H groups in total. The molecule has 1 aromatic rings. The highest BCUT2D eigenvalue weighted by Crippen LogP contribution is 2.16. The molecule has 0 saturated carbocycles. The molecule has 0 fully saturated rings. The Hall–Kier alpha value is -1.55. The van der Waals surface area contributed by atoms with E-state index < -0.39 is 5.60 Å². The van der Waals surface area contributed by atoms with E-state index in [0.29, 0.717) is 24.3 Å². The Morgan fingerprint density at radius 1 is 1.44 bits per heavy atom. The van der Waals surface area contributed by atoms with Gasteiger partial charge in [0.15, 0.2) is 0 Å². The monoisotopic (exact) mass is 250 g/mol. The van der Waals surface area contributed by atoms with Crippen molar-refractivity contribution < 1.29 is 9.90 Å². The maximum absolute atomic E-state index is 12.4. The first-order valence-electron chi connectivity index (χ1n) is 6.12. The van der Waals surface area contributed by atoms with Crippen LogP contribution in [0.1, 0.15) is 36.7 Å². The van der Waals surface area contributed by atoms with E-state index in [1.807, 2.05) is 13.8 Å². The number of amides is 1. The largest absolute Gasteiger partial charge is 0.399 e. The number of nitrogen functional groups attached to an aromatic ring is 1. The second kappa shape index (κ2) is 5.40. The van der Waals surface area contributed by atoms with E-state index in [1.165, 1.54) is 0 Å². The highest BCUT2D eigenvalue weighted by molar-refractivity contribution is 5.96. The average molecular weight is 250 g/mol. The Morgan fingerprint density at radius 2 is 2.06 bits per heavy atom. The highest BCUT2D eigenvalue weighted by Gasteiger charge is 2.23. The van der Waals surface area contributed by atoms with E-state index in [2.05, 4.69) is 0 Å². The first-order chi connectivity index (χ1) is 8.24. The summed E-state index contributed by atoms with van der Waals surface area (Å²) in [5.41, 5.74) is 6.92. The number of benzene rings is 1. The van der Waals surface area contributed by atoms with Crippen molar-refractivity contribution >= 4 is 11.6 Å². The fraction of sp³-hybridized carbons (Fsp3) is 0.500. The molecule has 0 unspecified atom stereocenters. The summed E-state index contributed by atoms with van der Waals surface area (Å²) in [5.74, 6) is -0.0721. The van der Waals surface area contributed by atoms with E-state index in [1.54, 1.807) is 36.9 Å². The minimum atomic E-state index is -0.895. The van der Waals surface area contributed by atoms with Crippen LogP contribution in [0, 0.1) is 6.92 Å². The van der Waals surface area contributed by atoms with Crippen molar-refractivity contribution in [3.63, 3.8) is 0 Å². The van der Waals surface area contributed by atoms with E-state index >= 15 is 0 Å². The summed E-state index contributed by atoms with van der Waals surface area (Å²) in [4.78, 5) is 14.0. The van der Waals surface area contributed by atoms with Crippen molar-refractivity contribution in [2.24, 2.45) is 0 Å². The topological polar surface area (TPSA) is 66.6 Å². The number of likely N-dealkylation sites (N-methyl/N-ethyl adjacent to an activating group) is 1. The molecule has 0 bridgehead atoms. The third-order valence-electron chi connectivity index (χ3n) is 2.73. The average Bonchev–Trinajstić information content (AvgIpc) is 2.24. The van der Waals surface area contributed by atoms with Gasteiger partial charge in [-0.25, -0.2) is 0 Å². The van der Waals surface area contributed by atoms with Gasteiger partial charge in [-0.1, -0.05) is 0 Å². The Labute approximate surface area is 108 Å². The molecule has 0 radical (unpaired) electrons. The van der Waals surface area contributed by atoms with Crippen molar-refractivity contribution in [1.82, 2.24) is 4.90 Å². The molecule has 0 atom stereocenters. The number of carbonyl (C=O) groups excluding carboxylic acids is 1. The number of carbonyl (C=O) groups is 1. The van der Waals surface area contributed by atoms with Crippen LogP contribution in [0.15, 0.2) is 18.2 Å². The summed E-state index contributed by atoms with van der Waals surface area (Å²) < 4.78 is 0. The molecular weight excluding hydrogens is 228 g/mol. The van der Waals surface area contributed by atoms with Gasteiger partial charge in [-0.05, 0) is 51.5 Å². The predicted octanol–water partition coefficient (Wildman–Crippen LogP) is 1.81. The molecule has 0 aliphatic heterocycles. The van der Waals surface area contributed by atoms with Crippen LogP contribution in [0.5, 0.6) is 0 Å². The number of anilines is 1. The second-order valence-corrected chi connectivity index (χ2v) is 5.21. The van der Waals surface area contributed by atoms with Gasteiger partial charge in [0.1, 0.15) is 0 Å². The molecule has 0 saturated heterocycles. The Morgan fingerprint density at radius 3 is 2.50 bits per heavy atom. The molecule has 18 heavy (non-hydrogen) atoms. The lowest BCUT2D eigenvalue weighted by atomic mass is 10.0. The first-order valence-corrected chi connectivity index (χ1v) is 6.12. The van der Waals surface area contributed by atoms with Crippen molar-refractivity contribution in [2.75, 3.05) is 18.8 Å². The summed E-state index contributed by atoms with van der Waals surface area (Å²) in [7, 11) is 0. The fourth-order valence-corrected chi connectivity index (χ4v) is 1.89. The van der Waals surface area contributed by atoms with Gasteiger partial charge in [0.05, 0.1) is 5.60 Å². The van der Waals surface area contributed by atoms with E-state index in [9.17, 15) is 9.90 Å². The zero-order chi connectivity index (χ0) is 13.9. The van der Waals surface area contributed by atoms with Gasteiger partial charge in [0.2, 0.25) is 0 Å². The number of aliphatic hydroxyl groups is 1. The Kier molecular flexibility index (Phi) is 4.35. The number of hydrogen-bond donors (Lipinski definition) is 2. The zero-order valence-electron chi connectivity index (χ0n) is 11.5. The highest BCUT2D eigenvalue weighted by atomic mass is 16.3. The van der Waals surface area contributed by atoms with Crippen LogP contribution in [0.2, 0.25) is 0 Å². The standard InChI is InChI=1S/C14H22N2O2/c1-5-16(9-14(3,4)18)13(17)12-7-6-11(15)8-10(12)2/h6-8,18H,5,9,15H2,1-4H3. The Balaban J connectivity index is 2.97. The van der Waals surface area contributed by atoms with Crippen LogP contribution in [0.25, 0.3) is 0 Å². The molecule has 1 amide bonds. The lowest BCUT2D eigenvalue weighted by Gasteiger charge is -2.28. The molecule has 4 heteroatoms. The maximum atomic E-state index is 12.4. The summed E-state index contributed by atoms with van der Waals surface area (Å²) in [6.45, 7) is 8.02. The van der Waals surface area contributed by atoms with Crippen LogP contribution in [-0.4, -0.2) is 34.6 Å². The molecule has 100 valence electrons. The maximum Gasteiger partial charge on any atom is 0.254 e. The van der Waals surface area contributed by atoms with Gasteiger partial charge in [-0.15, -0.1) is 0 Å². The van der Waals surface area contributed by atoms with Crippen LogP contribution in [0.4, 0.5) is 5.69 Å². The predicted molar refractivity (Wildman–Crippen MR) is 73.5 cm³/mol. The lowest BCUT2D eigenvalue weighted by molar-refractivity contribution is 0.0314. The number of aryl methyl sites for hydroxylation is 1. The summed E-state index contributed by atoms with van der Waals surface area (Å²) in [5, 5.41) is 9.81. The van der Waals surface area contributed by atoms with Gasteiger partial charge in [0, 0.05) is 24.3 Å². The van der Waals surface area contributed by atoms with Crippen molar-refractivity contribution in [3.8, 4) is 0 Å². The van der Waals surface area contributed by atoms with Gasteiger partial charge < -0.3 is 15.7 Å². The third-order valence-corrected chi connectivity index (χ3v) is 2.73. The molecule has 0 aliphatic rings. The summed E-state index contributed by atoms with van der Waals surface area (Å²) >= 11 is 0. The van der Waals surface area contributed by atoms with Crippen LogP contribution < -0.4 is 5.73 Å². The molecule has 4 nitrogen and oxygen atoms in total. The van der Waals surface area contributed by atoms with Gasteiger partial charge in [-0.3, -0.25) is 4.79 Å². The Bertz CT molecular complexity index is 436. The number of rotatable bonds is 4. The van der Waals surface area contributed by atoms with Crippen molar-refractivity contribution in [1.29, 1.82) is 0 Å². The molecule has 0 heterocycles. The summed E-state index contributed by atoms with van der Waals surface area (Å²) in [6.07, 6.45) is 0. The first kappa shape index (κ1) is 14.5. The quantitative estimate of drug-likeness (QED) is 0.801. The van der Waals surface area contributed by atoms with E-state index in [0.717, 1.165) is 5.56 Å². The minimum absolute atomic E-state index is 0.0721. The normalized spacial score (nSPS) is 11.4. The zero-order valence-corrected chi connectivity index (χ0v) is 11.5. The molecule has 0 aromatic heterocycles. The molecular formula is C14H22N2O2. The van der Waals surface area contributed by atoms with Crippen LogP contribution in [-0.2, 0) is 0 Å². The molecule has 1 aromatic carbocycles. The molecule has 0 spiro atoms. The van der Waals surface area contributed by atoms with Crippen molar-refractivity contribution in [2.45, 2.75) is 33.3 Å². The van der Waals surface area contributed by atoms with E-state index in [-0.39, 0.29) is 5.91 Å². The van der Waals surface area contributed by atoms with Gasteiger partial charge in [-0.2, -0.15) is 0 Å². The van der Waals surface area contributed by atoms with Crippen LogP contribution >= 0.6 is 0 Å². The molecule has 0 aliphatic carbocycles. The number of nitrogens with zero attached hydrogens (tertiary/aromatic N) is 1. The van der Waals surface area contributed by atoms with Gasteiger partial charge >= 0.3 is 0 Å². The van der Waals surface area contributed by atoms with Crippen LogP contribution in [0.3, 0.4) is 0 Å². The minimum Gasteiger partial charge on any atom is -0.399 e. The number of nitrogens with two attached hydrogens (primary N) is 1. The van der Waals surface area contributed by atoms with E-state index in [4.69, 9.17) is 5.73 Å². The number of hydrogen-bond acceptors (Lipinski definition) is 3. The smallest absolute Gasteiger partial charge is 0.254 e. The summed E-state index contributed by atoms with van der Waals surface area (Å²) in [6, 6.07) is 5.24. The second-order valence-electron chi connectivity index (χ2n) is 5.21. The van der Waals surface area contributed by atoms with Crippen molar-refractivity contribution in [3.05, 3.63) is 29.3 Å².